The molecule has 3 rings (SSSR count). The number of carbonyl (C=O) groups is 2. The predicted molar refractivity (Wildman–Crippen MR) is 100 cm³/mol. The van der Waals surface area contributed by atoms with Crippen LogP contribution < -0.4 is 10.9 Å². The zero-order valence-corrected chi connectivity index (χ0v) is 15.3. The van der Waals surface area contributed by atoms with Gasteiger partial charge in [0.2, 0.25) is 5.91 Å². The lowest BCUT2D eigenvalue weighted by Crippen LogP contribution is -2.36. The van der Waals surface area contributed by atoms with E-state index < -0.39 is 17.3 Å². The average Bonchev–Trinajstić information content (AvgIpc) is 2.64. The minimum atomic E-state index is -0.825. The molecule has 0 fully saturated rings. The van der Waals surface area contributed by atoms with E-state index in [-0.39, 0.29) is 5.56 Å². The highest BCUT2D eigenvalue weighted by atomic mass is 32.2. The van der Waals surface area contributed by atoms with E-state index in [1.54, 1.807) is 14.0 Å². The van der Waals surface area contributed by atoms with E-state index in [9.17, 15) is 14.4 Å². The molecule has 7 nitrogen and oxygen atoms in total. The number of nitrogens with zero attached hydrogens (tertiary/aromatic N) is 2. The van der Waals surface area contributed by atoms with Crippen LogP contribution in [0.15, 0.2) is 46.3 Å². The molecule has 8 heteroatoms. The van der Waals surface area contributed by atoms with Crippen LogP contribution in [-0.2, 0) is 16.6 Å². The van der Waals surface area contributed by atoms with Crippen LogP contribution in [0.1, 0.15) is 6.92 Å². The van der Waals surface area contributed by atoms with Crippen LogP contribution >= 0.6 is 11.8 Å². The standard InChI is InChI=1S/C18H17N3O4S/c1-10(15(22)20-18(24)25-3)26-17-19-14-9-12-7-5-4-6-11(12)8-13(14)16(23)21(17)2/h4-10H,1-3H3,(H,20,22,24)/t10-/m1/s1. The van der Waals surface area contributed by atoms with Crippen LogP contribution in [0.4, 0.5) is 4.79 Å². The Kier molecular flexibility index (Phi) is 4.94. The number of hydrogen-bond donors (Lipinski definition) is 1. The van der Waals surface area contributed by atoms with Gasteiger partial charge in [0, 0.05) is 7.05 Å². The number of nitrogens with one attached hydrogen (secondary N) is 1. The summed E-state index contributed by atoms with van der Waals surface area (Å²) in [4.78, 5) is 40.4. The fraction of sp³-hybridized carbons (Fsp3) is 0.222. The Bertz CT molecular complexity index is 1080. The lowest BCUT2D eigenvalue weighted by atomic mass is 10.1. The summed E-state index contributed by atoms with van der Waals surface area (Å²) in [6, 6.07) is 11.4. The summed E-state index contributed by atoms with van der Waals surface area (Å²) in [7, 11) is 2.79. The fourth-order valence-electron chi connectivity index (χ4n) is 2.51. The van der Waals surface area contributed by atoms with Gasteiger partial charge in [-0.15, -0.1) is 0 Å². The van der Waals surface area contributed by atoms with Crippen molar-refractivity contribution in [1.29, 1.82) is 0 Å². The van der Waals surface area contributed by atoms with Crippen molar-refractivity contribution in [2.24, 2.45) is 7.05 Å². The minimum absolute atomic E-state index is 0.191. The quantitative estimate of drug-likeness (QED) is 0.432. The Morgan fingerprint density at radius 1 is 1.23 bits per heavy atom. The van der Waals surface area contributed by atoms with Crippen LogP contribution in [0.3, 0.4) is 0 Å². The lowest BCUT2D eigenvalue weighted by molar-refractivity contribution is -0.119. The molecule has 1 aromatic heterocycles. The van der Waals surface area contributed by atoms with E-state index in [0.717, 1.165) is 22.5 Å². The van der Waals surface area contributed by atoms with Crippen molar-refractivity contribution >= 4 is 45.4 Å². The molecule has 0 saturated heterocycles. The first kappa shape index (κ1) is 17.9. The molecule has 0 radical (unpaired) electrons. The summed E-state index contributed by atoms with van der Waals surface area (Å²) in [5.74, 6) is -0.519. The Hall–Kier alpha value is -2.87. The summed E-state index contributed by atoms with van der Waals surface area (Å²) in [6.07, 6.45) is -0.825. The lowest BCUT2D eigenvalue weighted by Gasteiger charge is -2.13. The summed E-state index contributed by atoms with van der Waals surface area (Å²) < 4.78 is 5.82. The highest BCUT2D eigenvalue weighted by molar-refractivity contribution is 8.00. The maximum absolute atomic E-state index is 12.7. The summed E-state index contributed by atoms with van der Waals surface area (Å²) in [5, 5.41) is 4.33. The molecular weight excluding hydrogens is 354 g/mol. The molecule has 0 bridgehead atoms. The largest absolute Gasteiger partial charge is 0.453 e. The second kappa shape index (κ2) is 7.17. The van der Waals surface area contributed by atoms with Gasteiger partial charge in [-0.2, -0.15) is 0 Å². The van der Waals surface area contributed by atoms with Crippen LogP contribution in [0.25, 0.3) is 21.7 Å². The predicted octanol–water partition coefficient (Wildman–Crippen LogP) is 2.45. The molecule has 2 amide bonds. The maximum atomic E-state index is 12.7. The van der Waals surface area contributed by atoms with Gasteiger partial charge < -0.3 is 4.74 Å². The topological polar surface area (TPSA) is 90.3 Å². The molecule has 1 heterocycles. The van der Waals surface area contributed by atoms with Crippen molar-refractivity contribution in [3.8, 4) is 0 Å². The minimum Gasteiger partial charge on any atom is -0.453 e. The fourth-order valence-corrected chi connectivity index (χ4v) is 3.38. The first-order chi connectivity index (χ1) is 12.4. The van der Waals surface area contributed by atoms with Gasteiger partial charge >= 0.3 is 6.09 Å². The van der Waals surface area contributed by atoms with Crippen LogP contribution in [0.5, 0.6) is 0 Å². The number of benzene rings is 2. The second-order valence-electron chi connectivity index (χ2n) is 5.72. The van der Waals surface area contributed by atoms with Gasteiger partial charge in [-0.05, 0) is 29.8 Å². The molecule has 0 aliphatic heterocycles. The first-order valence-corrected chi connectivity index (χ1v) is 8.73. The van der Waals surface area contributed by atoms with Gasteiger partial charge in [-0.25, -0.2) is 9.78 Å². The molecule has 26 heavy (non-hydrogen) atoms. The molecule has 1 atom stereocenters. The van der Waals surface area contributed by atoms with Gasteiger partial charge in [0.05, 0.1) is 23.3 Å². The van der Waals surface area contributed by atoms with Gasteiger partial charge in [0.15, 0.2) is 5.16 Å². The smallest absolute Gasteiger partial charge is 0.413 e. The monoisotopic (exact) mass is 371 g/mol. The first-order valence-electron chi connectivity index (χ1n) is 7.85. The van der Waals surface area contributed by atoms with Crippen LogP contribution in [-0.4, -0.2) is 33.9 Å². The van der Waals surface area contributed by atoms with E-state index in [0.29, 0.717) is 16.1 Å². The van der Waals surface area contributed by atoms with Crippen molar-refractivity contribution in [2.45, 2.75) is 17.3 Å². The Morgan fingerprint density at radius 3 is 2.54 bits per heavy atom. The number of ether oxygens (including phenoxy) is 1. The second-order valence-corrected chi connectivity index (χ2v) is 7.02. The van der Waals surface area contributed by atoms with Gasteiger partial charge in [-0.1, -0.05) is 36.0 Å². The molecule has 1 N–H and O–H groups in total. The van der Waals surface area contributed by atoms with Gasteiger partial charge in [0.25, 0.3) is 5.56 Å². The Balaban J connectivity index is 2.00. The Labute approximate surface area is 153 Å². The Morgan fingerprint density at radius 2 is 1.88 bits per heavy atom. The summed E-state index contributed by atoms with van der Waals surface area (Å²) in [5.41, 5.74) is 0.374. The third-order valence-corrected chi connectivity index (χ3v) is 5.11. The van der Waals surface area contributed by atoms with Crippen molar-refractivity contribution in [2.75, 3.05) is 7.11 Å². The van der Waals surface area contributed by atoms with Crippen LogP contribution in [0.2, 0.25) is 0 Å². The number of imide groups is 1. The average molecular weight is 371 g/mol. The van der Waals surface area contributed by atoms with E-state index in [1.165, 1.54) is 11.7 Å². The number of carbonyl (C=O) groups excluding carboxylic acids is 2. The van der Waals surface area contributed by atoms with E-state index in [1.807, 2.05) is 36.4 Å². The molecule has 2 aromatic carbocycles. The summed E-state index contributed by atoms with van der Waals surface area (Å²) >= 11 is 1.10. The normalized spacial score (nSPS) is 12.1. The highest BCUT2D eigenvalue weighted by Crippen LogP contribution is 2.24. The summed E-state index contributed by atoms with van der Waals surface area (Å²) in [6.45, 7) is 1.62. The zero-order valence-electron chi connectivity index (χ0n) is 14.5. The number of alkyl carbamates (subject to hydrolysis) is 1. The van der Waals surface area contributed by atoms with Gasteiger partial charge in [0.1, 0.15) is 0 Å². The third kappa shape index (κ3) is 3.41. The van der Waals surface area contributed by atoms with Gasteiger partial charge in [-0.3, -0.25) is 19.5 Å². The number of aromatic nitrogens is 2. The molecule has 134 valence electrons. The van der Waals surface area contributed by atoms with Crippen molar-refractivity contribution in [3.63, 3.8) is 0 Å². The number of amides is 2. The third-order valence-electron chi connectivity index (χ3n) is 3.96. The molecule has 0 unspecified atom stereocenters. The van der Waals surface area contributed by atoms with Crippen LogP contribution in [0, 0.1) is 0 Å². The molecule has 0 aliphatic rings. The van der Waals surface area contributed by atoms with Crippen molar-refractivity contribution in [1.82, 2.24) is 14.9 Å². The number of methoxy groups -OCH3 is 1. The van der Waals surface area contributed by atoms with E-state index in [2.05, 4.69) is 15.0 Å². The van der Waals surface area contributed by atoms with Crippen molar-refractivity contribution in [3.05, 3.63) is 46.8 Å². The number of fused-ring (bicyclic) bond motifs is 2. The number of thioether (sulfide) groups is 1. The molecular formula is C18H17N3O4S. The van der Waals surface area contributed by atoms with E-state index in [4.69, 9.17) is 0 Å². The highest BCUT2D eigenvalue weighted by Gasteiger charge is 2.20. The molecule has 0 saturated carbocycles. The van der Waals surface area contributed by atoms with Crippen molar-refractivity contribution < 1.29 is 14.3 Å². The number of hydrogen-bond acceptors (Lipinski definition) is 6. The molecule has 0 spiro atoms. The SMILES string of the molecule is COC(=O)NC(=O)[C@@H](C)Sc1nc2cc3ccccc3cc2c(=O)n1C. The molecule has 3 aromatic rings. The van der Waals surface area contributed by atoms with E-state index >= 15 is 0 Å². The zero-order chi connectivity index (χ0) is 18.8. The molecule has 0 aliphatic carbocycles. The maximum Gasteiger partial charge on any atom is 0.413 e. The number of rotatable bonds is 3.